The van der Waals surface area contributed by atoms with Gasteiger partial charge in [0.15, 0.2) is 0 Å². The van der Waals surface area contributed by atoms with Gasteiger partial charge in [-0.2, -0.15) is 0 Å². The van der Waals surface area contributed by atoms with Crippen LogP contribution < -0.4 is 10.6 Å². The summed E-state index contributed by atoms with van der Waals surface area (Å²) in [7, 11) is 0. The van der Waals surface area contributed by atoms with Gasteiger partial charge in [-0.1, -0.05) is 6.07 Å². The summed E-state index contributed by atoms with van der Waals surface area (Å²) in [5, 5.41) is 6.13. The minimum absolute atomic E-state index is 0.0267. The molecule has 1 aromatic rings. The van der Waals surface area contributed by atoms with E-state index in [1.165, 1.54) is 11.1 Å². The Morgan fingerprint density at radius 1 is 1.47 bits per heavy atom. The Morgan fingerprint density at radius 2 is 2.33 bits per heavy atom. The van der Waals surface area contributed by atoms with Crippen molar-refractivity contribution in [3.63, 3.8) is 0 Å². The Hall–Kier alpha value is -1.35. The van der Waals surface area contributed by atoms with Crippen LogP contribution in [0.4, 0.5) is 0 Å². The molecule has 0 bridgehead atoms. The molecule has 2 N–H and O–H groups in total. The first-order valence-electron chi connectivity index (χ1n) is 5.42. The minimum atomic E-state index is 0.0267. The molecule has 3 nitrogen and oxygen atoms in total. The van der Waals surface area contributed by atoms with E-state index in [1.807, 2.05) is 25.1 Å². The number of carbonyl (C=O) groups excluding carboxylic acids is 1. The van der Waals surface area contributed by atoms with Gasteiger partial charge in [-0.25, -0.2) is 0 Å². The number of fused-ring (bicyclic) bond motifs is 1. The summed E-state index contributed by atoms with van der Waals surface area (Å²) in [5.74, 6) is 0.0267. The molecule has 0 aromatic heterocycles. The predicted molar refractivity (Wildman–Crippen MR) is 59.9 cm³/mol. The van der Waals surface area contributed by atoms with E-state index in [1.54, 1.807) is 0 Å². The molecule has 1 aromatic carbocycles. The molecule has 15 heavy (non-hydrogen) atoms. The molecule has 3 heteroatoms. The zero-order valence-electron chi connectivity index (χ0n) is 8.97. The third-order valence-corrected chi connectivity index (χ3v) is 2.69. The summed E-state index contributed by atoms with van der Waals surface area (Å²) in [4.78, 5) is 11.6. The highest BCUT2D eigenvalue weighted by molar-refractivity contribution is 5.94. The van der Waals surface area contributed by atoms with Crippen LogP contribution in [-0.2, 0) is 13.0 Å². The molecule has 1 heterocycles. The van der Waals surface area contributed by atoms with Gasteiger partial charge >= 0.3 is 0 Å². The van der Waals surface area contributed by atoms with Crippen molar-refractivity contribution in [1.29, 1.82) is 0 Å². The maximum atomic E-state index is 11.6. The van der Waals surface area contributed by atoms with Gasteiger partial charge in [0.1, 0.15) is 0 Å². The molecule has 0 aliphatic carbocycles. The molecule has 0 saturated carbocycles. The van der Waals surface area contributed by atoms with Crippen molar-refractivity contribution in [1.82, 2.24) is 10.6 Å². The van der Waals surface area contributed by atoms with Gasteiger partial charge in [-0.05, 0) is 43.1 Å². The van der Waals surface area contributed by atoms with E-state index in [-0.39, 0.29) is 5.91 Å². The minimum Gasteiger partial charge on any atom is -0.352 e. The molecule has 0 saturated heterocycles. The van der Waals surface area contributed by atoms with Crippen molar-refractivity contribution in [2.75, 3.05) is 13.1 Å². The van der Waals surface area contributed by atoms with Crippen molar-refractivity contribution in [3.05, 3.63) is 34.9 Å². The number of carbonyl (C=O) groups is 1. The van der Waals surface area contributed by atoms with Crippen molar-refractivity contribution >= 4 is 5.91 Å². The first-order valence-corrected chi connectivity index (χ1v) is 5.42. The van der Waals surface area contributed by atoms with Gasteiger partial charge in [-0.3, -0.25) is 4.79 Å². The number of nitrogens with one attached hydrogen (secondary N) is 2. The second-order valence-corrected chi connectivity index (χ2v) is 3.77. The zero-order chi connectivity index (χ0) is 10.7. The summed E-state index contributed by atoms with van der Waals surface area (Å²) in [5.41, 5.74) is 3.39. The van der Waals surface area contributed by atoms with Crippen LogP contribution in [0.3, 0.4) is 0 Å². The summed E-state index contributed by atoms with van der Waals surface area (Å²) < 4.78 is 0. The molecule has 80 valence electrons. The lowest BCUT2D eigenvalue weighted by Crippen LogP contribution is -2.26. The topological polar surface area (TPSA) is 41.1 Å². The average molecular weight is 204 g/mol. The van der Waals surface area contributed by atoms with E-state index in [0.717, 1.165) is 25.1 Å². The second-order valence-electron chi connectivity index (χ2n) is 3.77. The lowest BCUT2D eigenvalue weighted by molar-refractivity contribution is 0.0955. The highest BCUT2D eigenvalue weighted by Crippen LogP contribution is 2.15. The molecule has 1 aliphatic heterocycles. The molecular formula is C12H16N2O. The summed E-state index contributed by atoms with van der Waals surface area (Å²) in [6.07, 6.45) is 1.02. The van der Waals surface area contributed by atoms with Crippen LogP contribution in [0.5, 0.6) is 0 Å². The quantitative estimate of drug-likeness (QED) is 0.757. The van der Waals surface area contributed by atoms with Crippen LogP contribution >= 0.6 is 0 Å². The fourth-order valence-electron chi connectivity index (χ4n) is 1.88. The number of hydrogen-bond donors (Lipinski definition) is 2. The first-order chi connectivity index (χ1) is 7.31. The number of benzene rings is 1. The van der Waals surface area contributed by atoms with Crippen LogP contribution in [0.2, 0.25) is 0 Å². The standard InChI is InChI=1S/C12H16N2O/c1-2-14-12(15)10-3-4-11-8-13-6-5-9(11)7-10/h3-4,7,13H,2,5-6,8H2,1H3,(H,14,15). The highest BCUT2D eigenvalue weighted by atomic mass is 16.1. The van der Waals surface area contributed by atoms with E-state index in [0.29, 0.717) is 6.54 Å². The van der Waals surface area contributed by atoms with Gasteiger partial charge in [-0.15, -0.1) is 0 Å². The highest BCUT2D eigenvalue weighted by Gasteiger charge is 2.11. The first kappa shape index (κ1) is 10.2. The van der Waals surface area contributed by atoms with Crippen molar-refractivity contribution in [2.24, 2.45) is 0 Å². The van der Waals surface area contributed by atoms with Gasteiger partial charge in [0.25, 0.3) is 5.91 Å². The Balaban J connectivity index is 2.24. The van der Waals surface area contributed by atoms with Gasteiger partial charge in [0.05, 0.1) is 0 Å². The molecule has 0 unspecified atom stereocenters. The predicted octanol–water partition coefficient (Wildman–Crippen LogP) is 1.08. The van der Waals surface area contributed by atoms with Crippen LogP contribution in [0.1, 0.15) is 28.4 Å². The van der Waals surface area contributed by atoms with E-state index in [2.05, 4.69) is 10.6 Å². The monoisotopic (exact) mass is 204 g/mol. The molecule has 0 atom stereocenters. The summed E-state index contributed by atoms with van der Waals surface area (Å²) >= 11 is 0. The van der Waals surface area contributed by atoms with Crippen LogP contribution in [0.15, 0.2) is 18.2 Å². The van der Waals surface area contributed by atoms with Crippen molar-refractivity contribution in [2.45, 2.75) is 19.9 Å². The largest absolute Gasteiger partial charge is 0.352 e. The maximum Gasteiger partial charge on any atom is 0.251 e. The number of rotatable bonds is 2. The second kappa shape index (κ2) is 4.45. The fraction of sp³-hybridized carbons (Fsp3) is 0.417. The zero-order valence-corrected chi connectivity index (χ0v) is 8.97. The van der Waals surface area contributed by atoms with E-state index >= 15 is 0 Å². The van der Waals surface area contributed by atoms with Gasteiger partial charge < -0.3 is 10.6 Å². The van der Waals surface area contributed by atoms with Crippen LogP contribution in [0.25, 0.3) is 0 Å². The molecule has 0 fully saturated rings. The summed E-state index contributed by atoms with van der Waals surface area (Å²) in [6, 6.07) is 5.96. The van der Waals surface area contributed by atoms with E-state index < -0.39 is 0 Å². The normalized spacial score (nSPS) is 14.5. The van der Waals surface area contributed by atoms with Crippen LogP contribution in [-0.4, -0.2) is 19.0 Å². The molecule has 1 aliphatic rings. The smallest absolute Gasteiger partial charge is 0.251 e. The average Bonchev–Trinajstić information content (AvgIpc) is 2.29. The third kappa shape index (κ3) is 2.18. The van der Waals surface area contributed by atoms with E-state index in [9.17, 15) is 4.79 Å². The Bertz CT molecular complexity index is 374. The third-order valence-electron chi connectivity index (χ3n) is 2.69. The molecule has 2 rings (SSSR count). The van der Waals surface area contributed by atoms with Crippen molar-refractivity contribution in [3.8, 4) is 0 Å². The van der Waals surface area contributed by atoms with Crippen LogP contribution in [0, 0.1) is 0 Å². The van der Waals surface area contributed by atoms with Gasteiger partial charge in [0.2, 0.25) is 0 Å². The molecular weight excluding hydrogens is 188 g/mol. The van der Waals surface area contributed by atoms with Gasteiger partial charge in [0, 0.05) is 18.7 Å². The Labute approximate surface area is 89.9 Å². The number of hydrogen-bond acceptors (Lipinski definition) is 2. The molecule has 1 amide bonds. The Kier molecular flexibility index (Phi) is 3.02. The maximum absolute atomic E-state index is 11.6. The number of amides is 1. The summed E-state index contributed by atoms with van der Waals surface area (Å²) in [6.45, 7) is 4.54. The van der Waals surface area contributed by atoms with Crippen molar-refractivity contribution < 1.29 is 4.79 Å². The SMILES string of the molecule is CCNC(=O)c1ccc2c(c1)CCNC2. The Morgan fingerprint density at radius 3 is 3.13 bits per heavy atom. The molecule has 0 radical (unpaired) electrons. The lowest BCUT2D eigenvalue weighted by Gasteiger charge is -2.17. The lowest BCUT2D eigenvalue weighted by atomic mass is 9.98. The molecule has 0 spiro atoms. The van der Waals surface area contributed by atoms with E-state index in [4.69, 9.17) is 0 Å². The fourth-order valence-corrected chi connectivity index (χ4v) is 1.88.